The minimum atomic E-state index is -0.325. The highest BCUT2D eigenvalue weighted by molar-refractivity contribution is 7.80. The zero-order chi connectivity index (χ0) is 24.2. The molecule has 172 valence electrons. The van der Waals surface area contributed by atoms with Gasteiger partial charge in [-0.2, -0.15) is 0 Å². The maximum absolute atomic E-state index is 12.3. The molecule has 0 radical (unpaired) electrons. The number of halogens is 1. The van der Waals surface area contributed by atoms with Crippen molar-refractivity contribution in [2.24, 2.45) is 0 Å². The Morgan fingerprint density at radius 1 is 1.09 bits per heavy atom. The Morgan fingerprint density at radius 3 is 2.59 bits per heavy atom. The lowest BCUT2D eigenvalue weighted by molar-refractivity contribution is -0.115. The Morgan fingerprint density at radius 2 is 1.85 bits per heavy atom. The number of nitrogens with one attached hydrogen (secondary N) is 2. The molecule has 4 aromatic rings. The molecule has 0 aliphatic heterocycles. The van der Waals surface area contributed by atoms with Crippen LogP contribution in [0.4, 0.5) is 5.69 Å². The highest BCUT2D eigenvalue weighted by atomic mass is 35.5. The highest BCUT2D eigenvalue weighted by Gasteiger charge is 2.13. The number of benzene rings is 3. The Hall–Kier alpha value is -3.48. The normalized spacial score (nSPS) is 11.3. The van der Waals surface area contributed by atoms with Crippen molar-refractivity contribution in [3.8, 4) is 11.5 Å². The first kappa shape index (κ1) is 23.7. The lowest BCUT2D eigenvalue weighted by Crippen LogP contribution is -2.32. The van der Waals surface area contributed by atoms with Crippen molar-refractivity contribution in [2.45, 2.75) is 26.7 Å². The third-order valence-electron chi connectivity index (χ3n) is 5.27. The summed E-state index contributed by atoms with van der Waals surface area (Å²) < 4.78 is 5.90. The predicted molar refractivity (Wildman–Crippen MR) is 143 cm³/mol. The molecular weight excluding hydrogens is 466 g/mol. The van der Waals surface area contributed by atoms with E-state index in [1.165, 1.54) is 11.6 Å². The van der Waals surface area contributed by atoms with Crippen LogP contribution >= 0.6 is 23.8 Å². The van der Waals surface area contributed by atoms with E-state index in [4.69, 9.17) is 28.2 Å². The van der Waals surface area contributed by atoms with Crippen LogP contribution in [0, 0.1) is 6.92 Å². The Bertz CT molecular complexity index is 1390. The number of carbonyl (C=O) groups is 1. The first-order valence-electron chi connectivity index (χ1n) is 10.9. The lowest BCUT2D eigenvalue weighted by atomic mass is 10.0. The van der Waals surface area contributed by atoms with E-state index in [9.17, 15) is 4.79 Å². The van der Waals surface area contributed by atoms with Gasteiger partial charge in [-0.3, -0.25) is 10.1 Å². The van der Waals surface area contributed by atoms with Gasteiger partial charge in [0.1, 0.15) is 5.52 Å². The van der Waals surface area contributed by atoms with E-state index in [1.54, 1.807) is 24.3 Å². The standard InChI is InChI=1S/C27H24ClN3O2S/c1-16(2)19-8-5-18(6-9-19)7-13-25(32)31-27(34)29-20-10-11-22(28)21(15-20)26-30-23-12-4-17(3)14-24(23)33-26/h4-16H,1-3H3,(H2,29,31,32,34)/b13-7+. The molecule has 0 aliphatic rings. The molecule has 0 unspecified atom stereocenters. The van der Waals surface area contributed by atoms with Crippen molar-refractivity contribution in [2.75, 3.05) is 5.32 Å². The van der Waals surface area contributed by atoms with Crippen LogP contribution in [0.25, 0.3) is 28.6 Å². The summed E-state index contributed by atoms with van der Waals surface area (Å²) in [6, 6.07) is 19.2. The molecule has 0 fully saturated rings. The van der Waals surface area contributed by atoms with Gasteiger partial charge >= 0.3 is 0 Å². The largest absolute Gasteiger partial charge is 0.436 e. The number of oxazole rings is 1. The SMILES string of the molecule is Cc1ccc2nc(-c3cc(NC(=S)NC(=O)/C=C/c4ccc(C(C)C)cc4)ccc3Cl)oc2c1. The second-order valence-corrected chi connectivity index (χ2v) is 9.10. The van der Waals surface area contributed by atoms with Crippen LogP contribution in [-0.4, -0.2) is 16.0 Å². The van der Waals surface area contributed by atoms with Crippen LogP contribution in [0.2, 0.25) is 5.02 Å². The number of aryl methyl sites for hydroxylation is 1. The minimum absolute atomic E-state index is 0.172. The molecular formula is C27H24ClN3O2S. The summed E-state index contributed by atoms with van der Waals surface area (Å²) in [5.74, 6) is 0.551. The van der Waals surface area contributed by atoms with Crippen LogP contribution < -0.4 is 10.6 Å². The number of aromatic nitrogens is 1. The van der Waals surface area contributed by atoms with Crippen LogP contribution in [0.15, 0.2) is 71.2 Å². The zero-order valence-electron chi connectivity index (χ0n) is 19.1. The fourth-order valence-electron chi connectivity index (χ4n) is 3.39. The number of nitrogens with zero attached hydrogens (tertiary/aromatic N) is 1. The molecule has 1 amide bonds. The molecule has 0 saturated heterocycles. The van der Waals surface area contributed by atoms with Crippen molar-refractivity contribution in [1.82, 2.24) is 10.3 Å². The molecule has 4 rings (SSSR count). The quantitative estimate of drug-likeness (QED) is 0.231. The van der Waals surface area contributed by atoms with Gasteiger partial charge in [0, 0.05) is 11.8 Å². The fraction of sp³-hybridized carbons (Fsp3) is 0.148. The van der Waals surface area contributed by atoms with Gasteiger partial charge < -0.3 is 9.73 Å². The van der Waals surface area contributed by atoms with Gasteiger partial charge in [0.25, 0.3) is 0 Å². The third kappa shape index (κ3) is 5.71. The highest BCUT2D eigenvalue weighted by Crippen LogP contribution is 2.32. The molecule has 2 N–H and O–H groups in total. The average Bonchev–Trinajstić information content (AvgIpc) is 3.22. The molecule has 1 aromatic heterocycles. The summed E-state index contributed by atoms with van der Waals surface area (Å²) >= 11 is 11.7. The van der Waals surface area contributed by atoms with Crippen LogP contribution in [0.1, 0.15) is 36.5 Å². The van der Waals surface area contributed by atoms with Crippen LogP contribution in [0.3, 0.4) is 0 Å². The van der Waals surface area contributed by atoms with E-state index in [1.807, 2.05) is 37.3 Å². The summed E-state index contributed by atoms with van der Waals surface area (Å²) in [5, 5.41) is 6.33. The molecule has 0 atom stereocenters. The Balaban J connectivity index is 1.42. The number of carbonyl (C=O) groups excluding carboxylic acids is 1. The summed E-state index contributed by atoms with van der Waals surface area (Å²) in [6.07, 6.45) is 3.20. The smallest absolute Gasteiger partial charge is 0.250 e. The number of fused-ring (bicyclic) bond motifs is 1. The van der Waals surface area contributed by atoms with Gasteiger partial charge in [-0.15, -0.1) is 0 Å². The minimum Gasteiger partial charge on any atom is -0.436 e. The van der Waals surface area contributed by atoms with Crippen LogP contribution in [-0.2, 0) is 4.79 Å². The summed E-state index contributed by atoms with van der Waals surface area (Å²) in [7, 11) is 0. The van der Waals surface area contributed by atoms with Gasteiger partial charge in [-0.25, -0.2) is 4.98 Å². The van der Waals surface area contributed by atoms with Gasteiger partial charge in [-0.05, 0) is 78.2 Å². The zero-order valence-corrected chi connectivity index (χ0v) is 20.6. The van der Waals surface area contributed by atoms with E-state index in [0.717, 1.165) is 16.6 Å². The molecule has 0 spiro atoms. The van der Waals surface area contributed by atoms with E-state index in [-0.39, 0.29) is 11.0 Å². The summed E-state index contributed by atoms with van der Waals surface area (Å²) in [5.41, 5.74) is 5.99. The van der Waals surface area contributed by atoms with Crippen LogP contribution in [0.5, 0.6) is 0 Å². The van der Waals surface area contributed by atoms with Crippen molar-refractivity contribution < 1.29 is 9.21 Å². The molecule has 1 heterocycles. The fourth-order valence-corrected chi connectivity index (χ4v) is 3.81. The first-order chi connectivity index (χ1) is 16.3. The molecule has 0 saturated carbocycles. The number of amides is 1. The van der Waals surface area contributed by atoms with E-state index in [0.29, 0.717) is 33.7 Å². The third-order valence-corrected chi connectivity index (χ3v) is 5.80. The van der Waals surface area contributed by atoms with E-state index in [2.05, 4.69) is 41.6 Å². The second kappa shape index (κ2) is 10.2. The van der Waals surface area contributed by atoms with Crippen molar-refractivity contribution in [3.63, 3.8) is 0 Å². The average molecular weight is 490 g/mol. The molecule has 3 aromatic carbocycles. The maximum Gasteiger partial charge on any atom is 0.250 e. The molecule has 7 heteroatoms. The molecule has 5 nitrogen and oxygen atoms in total. The van der Waals surface area contributed by atoms with Crippen molar-refractivity contribution in [1.29, 1.82) is 0 Å². The molecule has 0 aliphatic carbocycles. The molecule has 0 bridgehead atoms. The van der Waals surface area contributed by atoms with Crippen molar-refractivity contribution >= 4 is 57.7 Å². The lowest BCUT2D eigenvalue weighted by Gasteiger charge is -2.10. The van der Waals surface area contributed by atoms with Gasteiger partial charge in [0.2, 0.25) is 11.8 Å². The maximum atomic E-state index is 12.3. The van der Waals surface area contributed by atoms with Gasteiger partial charge in [0.05, 0.1) is 10.6 Å². The predicted octanol–water partition coefficient (Wildman–Crippen LogP) is 7.11. The second-order valence-electron chi connectivity index (χ2n) is 8.28. The monoisotopic (exact) mass is 489 g/mol. The number of rotatable bonds is 5. The topological polar surface area (TPSA) is 67.2 Å². The molecule has 34 heavy (non-hydrogen) atoms. The van der Waals surface area contributed by atoms with Gasteiger partial charge in [-0.1, -0.05) is 55.8 Å². The summed E-state index contributed by atoms with van der Waals surface area (Å²) in [6.45, 7) is 6.28. The summed E-state index contributed by atoms with van der Waals surface area (Å²) in [4.78, 5) is 16.8. The van der Waals surface area contributed by atoms with Gasteiger partial charge in [0.15, 0.2) is 10.7 Å². The Labute approximate surface area is 208 Å². The van der Waals surface area contributed by atoms with E-state index < -0.39 is 0 Å². The number of thiocarbonyl (C=S) groups is 1. The Kier molecular flexibility index (Phi) is 7.10. The van der Waals surface area contributed by atoms with Crippen molar-refractivity contribution in [3.05, 3.63) is 88.5 Å². The number of anilines is 1. The first-order valence-corrected chi connectivity index (χ1v) is 11.6. The van der Waals surface area contributed by atoms with E-state index >= 15 is 0 Å². The number of hydrogen-bond donors (Lipinski definition) is 2. The number of hydrogen-bond acceptors (Lipinski definition) is 4.